The van der Waals surface area contributed by atoms with E-state index in [1.807, 2.05) is 5.43 Å². The summed E-state index contributed by atoms with van der Waals surface area (Å²) in [6, 6.07) is 0. The van der Waals surface area contributed by atoms with E-state index in [1.54, 1.807) is 5.38 Å². The second kappa shape index (κ2) is 3.50. The second-order valence-corrected chi connectivity index (χ2v) is 2.59. The highest BCUT2D eigenvalue weighted by atomic mass is 32.1. The zero-order valence-corrected chi connectivity index (χ0v) is 6.06. The monoisotopic (exact) mass is 157 g/mol. The number of aliphatic hydroxyl groups excluding tert-OH is 1. The van der Waals surface area contributed by atoms with E-state index in [1.165, 1.54) is 11.3 Å². The third kappa shape index (κ3) is 1.66. The van der Waals surface area contributed by atoms with Gasteiger partial charge in [-0.15, -0.1) is 11.3 Å². The summed E-state index contributed by atoms with van der Waals surface area (Å²) in [6.07, 6.45) is 0.540. The first kappa shape index (κ1) is 7.46. The van der Waals surface area contributed by atoms with Crippen molar-refractivity contribution in [1.82, 2.24) is 10.8 Å². The molecule has 5 heteroatoms. The van der Waals surface area contributed by atoms with E-state index < -0.39 is 0 Å². The Bertz CT molecular complexity index is 201. The summed E-state index contributed by atoms with van der Waals surface area (Å²) in [5.74, 6) is 8.35. The maximum atomic E-state index is 8.48. The minimum absolute atomic E-state index is 0.0919. The molecule has 0 aliphatic rings. The molecule has 4 nitrogen and oxygen atoms in total. The Balaban J connectivity index is 2.59. The number of anilines is 1. The van der Waals surface area contributed by atoms with Crippen molar-refractivity contribution in [2.24, 2.45) is 0 Å². The summed E-state index contributed by atoms with van der Waals surface area (Å²) >= 11 is 1.31. The Morgan fingerprint density at radius 1 is 1.80 bits per heavy atom. The third-order valence-electron chi connectivity index (χ3n) is 1.02. The number of rotatable bonds is 3. The Labute approximate surface area is 62.7 Å². The highest BCUT2D eigenvalue weighted by Gasteiger charge is 1.98. The van der Waals surface area contributed by atoms with Gasteiger partial charge in [0.2, 0.25) is 0 Å². The molecule has 0 bridgehead atoms. The summed E-state index contributed by atoms with van der Waals surface area (Å²) in [4.78, 5) is 3.92. The summed E-state index contributed by atoms with van der Waals surface area (Å²) in [5.41, 5.74) is 2.73. The Morgan fingerprint density at radius 2 is 2.60 bits per heavy atom. The van der Waals surface area contributed by atoms with Gasteiger partial charge in [-0.1, -0.05) is 0 Å². The fourth-order valence-corrected chi connectivity index (χ4v) is 1.23. The predicted octanol–water partition coefficient (Wildman–Crippen LogP) is 0.0735. The van der Waals surface area contributed by atoms with Gasteiger partial charge in [0.1, 0.15) is 0 Å². The van der Waals surface area contributed by atoms with Crippen LogP contribution >= 0.6 is 11.3 Å². The van der Waals surface area contributed by atoms with E-state index in [9.17, 15) is 0 Å². The summed E-state index contributed by atoms with van der Waals surface area (Å²) in [7, 11) is 0. The molecule has 0 saturated carbocycles. The topological polar surface area (TPSA) is 67.5 Å². The van der Waals surface area contributed by atoms with Crippen molar-refractivity contribution < 1.29 is 5.11 Å². The number of aliphatic hydroxyl groups is 1. The van der Waals surface area contributed by atoms with E-state index in [2.05, 4.69) is 4.98 Å². The van der Waals surface area contributed by atoms with E-state index in [-0.39, 0.29) is 6.61 Å². The number of aromatic nitrogens is 1. The van der Waals surface area contributed by atoms with Crippen molar-refractivity contribution >= 4 is 16.5 Å². The minimum atomic E-state index is 0.0919. The van der Waals surface area contributed by atoms with Crippen LogP contribution in [0.4, 0.5) is 5.13 Å². The average Bonchev–Trinajstić information content (AvgIpc) is 2.37. The second-order valence-electron chi connectivity index (χ2n) is 1.73. The molecule has 54 valence electrons. The van der Waals surface area contributed by atoms with Crippen LogP contribution in [0.2, 0.25) is 0 Å². The Kier molecular flexibility index (Phi) is 2.61. The largest absolute Gasteiger partial charge is 0.396 e. The van der Waals surface area contributed by atoms with Crippen molar-refractivity contribution in [2.75, 3.05) is 12.0 Å². The molecule has 1 rings (SSSR count). The first-order valence-electron chi connectivity index (χ1n) is 2.82. The molecule has 2 N–H and O–H groups in total. The van der Waals surface area contributed by atoms with Crippen molar-refractivity contribution in [3.63, 3.8) is 0 Å². The first-order chi connectivity index (χ1) is 4.86. The Hall–Kier alpha value is -0.650. The van der Waals surface area contributed by atoms with Crippen LogP contribution in [0, 0.1) is 0 Å². The zero-order chi connectivity index (χ0) is 7.40. The summed E-state index contributed by atoms with van der Waals surface area (Å²) < 4.78 is 0. The van der Waals surface area contributed by atoms with Gasteiger partial charge in [0.05, 0.1) is 5.69 Å². The molecule has 1 aromatic heterocycles. The van der Waals surface area contributed by atoms with E-state index >= 15 is 0 Å². The van der Waals surface area contributed by atoms with E-state index in [4.69, 9.17) is 10.9 Å². The molecule has 0 spiro atoms. The SMILES string of the molecule is [N]Nc1nc(CCO)cs1. The molecule has 2 radical (unpaired) electrons. The molecular weight excluding hydrogens is 150 g/mol. The van der Waals surface area contributed by atoms with Gasteiger partial charge < -0.3 is 5.11 Å². The van der Waals surface area contributed by atoms with Crippen LogP contribution in [0.15, 0.2) is 5.38 Å². The maximum absolute atomic E-state index is 8.48. The van der Waals surface area contributed by atoms with Crippen molar-refractivity contribution in [3.8, 4) is 0 Å². The molecule has 0 unspecified atom stereocenters. The third-order valence-corrected chi connectivity index (χ3v) is 1.81. The zero-order valence-electron chi connectivity index (χ0n) is 5.24. The number of hydrogen-bond donors (Lipinski definition) is 2. The van der Waals surface area contributed by atoms with Gasteiger partial charge in [-0.2, -0.15) is 0 Å². The van der Waals surface area contributed by atoms with Crippen LogP contribution in [0.3, 0.4) is 0 Å². The molecule has 1 aromatic rings. The molecule has 0 aromatic carbocycles. The standard InChI is InChI=1S/C5H7N3OS/c6-8-5-7-4(1-2-9)3-10-5/h3,9H,1-2H2,(H,7,8). The van der Waals surface area contributed by atoms with Crippen LogP contribution in [-0.4, -0.2) is 16.7 Å². The fraction of sp³-hybridized carbons (Fsp3) is 0.400. The quantitative estimate of drug-likeness (QED) is 0.610. The van der Waals surface area contributed by atoms with Crippen molar-refractivity contribution in [2.45, 2.75) is 6.42 Å². The highest BCUT2D eigenvalue weighted by molar-refractivity contribution is 7.13. The lowest BCUT2D eigenvalue weighted by Crippen LogP contribution is -1.93. The summed E-state index contributed by atoms with van der Waals surface area (Å²) in [5, 5.41) is 10.7. The van der Waals surface area contributed by atoms with Crippen molar-refractivity contribution in [1.29, 1.82) is 0 Å². The molecular formula is C5H7N3OS. The lowest BCUT2D eigenvalue weighted by Gasteiger charge is -1.87. The van der Waals surface area contributed by atoms with Gasteiger partial charge in [0, 0.05) is 18.4 Å². The van der Waals surface area contributed by atoms with Gasteiger partial charge in [-0.3, -0.25) is 5.43 Å². The van der Waals surface area contributed by atoms with Gasteiger partial charge in [-0.25, -0.2) is 4.98 Å². The normalized spacial score (nSPS) is 9.80. The molecule has 10 heavy (non-hydrogen) atoms. The Morgan fingerprint density at radius 3 is 3.10 bits per heavy atom. The molecule has 1 heterocycles. The molecule has 0 saturated heterocycles. The number of thiazole rings is 1. The van der Waals surface area contributed by atoms with E-state index in [0.717, 1.165) is 5.69 Å². The van der Waals surface area contributed by atoms with Crippen LogP contribution in [0.1, 0.15) is 5.69 Å². The molecule has 0 aliphatic heterocycles. The van der Waals surface area contributed by atoms with E-state index in [0.29, 0.717) is 11.6 Å². The minimum Gasteiger partial charge on any atom is -0.396 e. The lowest BCUT2D eigenvalue weighted by atomic mass is 10.4. The molecule has 0 atom stereocenters. The first-order valence-corrected chi connectivity index (χ1v) is 3.70. The van der Waals surface area contributed by atoms with Gasteiger partial charge in [0.25, 0.3) is 0 Å². The smallest absolute Gasteiger partial charge is 0.200 e. The van der Waals surface area contributed by atoms with Crippen LogP contribution < -0.4 is 11.3 Å². The predicted molar refractivity (Wildman–Crippen MR) is 38.7 cm³/mol. The molecule has 0 amide bonds. The van der Waals surface area contributed by atoms with Gasteiger partial charge >= 0.3 is 0 Å². The van der Waals surface area contributed by atoms with Crippen LogP contribution in [0.25, 0.3) is 0 Å². The fourth-order valence-electron chi connectivity index (χ4n) is 0.588. The maximum Gasteiger partial charge on any atom is 0.200 e. The number of nitrogens with zero attached hydrogens (tertiary/aromatic N) is 2. The average molecular weight is 157 g/mol. The van der Waals surface area contributed by atoms with Crippen LogP contribution in [0.5, 0.6) is 0 Å². The molecule has 0 aliphatic carbocycles. The highest BCUT2D eigenvalue weighted by Crippen LogP contribution is 2.13. The summed E-state index contributed by atoms with van der Waals surface area (Å²) in [6.45, 7) is 0.0919. The molecule has 0 fully saturated rings. The van der Waals surface area contributed by atoms with Crippen molar-refractivity contribution in [3.05, 3.63) is 11.1 Å². The number of nitrogens with one attached hydrogen (secondary N) is 1. The lowest BCUT2D eigenvalue weighted by molar-refractivity contribution is 0.298. The number of hydrogen-bond acceptors (Lipinski definition) is 4. The van der Waals surface area contributed by atoms with Gasteiger partial charge in [-0.05, 0) is 5.84 Å². The van der Waals surface area contributed by atoms with Gasteiger partial charge in [0.15, 0.2) is 5.13 Å². The van der Waals surface area contributed by atoms with Crippen LogP contribution in [-0.2, 0) is 6.42 Å².